The summed E-state index contributed by atoms with van der Waals surface area (Å²) in [5, 5.41) is 22.3. The number of nitro groups is 1. The van der Waals surface area contributed by atoms with Crippen LogP contribution in [0.3, 0.4) is 0 Å². The van der Waals surface area contributed by atoms with Gasteiger partial charge in [0.15, 0.2) is 0 Å². The Labute approximate surface area is 115 Å². The maximum absolute atomic E-state index is 11.7. The average molecular weight is 275 g/mol. The lowest BCUT2D eigenvalue weighted by Crippen LogP contribution is -2.27. The highest BCUT2D eigenvalue weighted by molar-refractivity contribution is 6.02. The Balaban J connectivity index is 2.98. The van der Waals surface area contributed by atoms with Gasteiger partial charge in [-0.05, 0) is 12.1 Å². The van der Waals surface area contributed by atoms with E-state index >= 15 is 0 Å². The van der Waals surface area contributed by atoms with Gasteiger partial charge < -0.3 is 10.1 Å². The fraction of sp³-hybridized carbons (Fsp3) is 0.231. The smallest absolute Gasteiger partial charge is 0.276 e. The van der Waals surface area contributed by atoms with Crippen LogP contribution in [-0.2, 0) is 9.53 Å². The number of ether oxygens (including phenoxy) is 1. The van der Waals surface area contributed by atoms with E-state index in [0.29, 0.717) is 6.61 Å². The molecule has 0 aliphatic carbocycles. The Morgan fingerprint density at radius 1 is 1.55 bits per heavy atom. The quantitative estimate of drug-likeness (QED) is 0.276. The van der Waals surface area contributed by atoms with Crippen molar-refractivity contribution in [1.82, 2.24) is 5.32 Å². The number of carbonyl (C=O) groups excluding carboxylic acids is 1. The number of para-hydroxylation sites is 1. The second kappa shape index (κ2) is 7.66. The molecule has 0 saturated heterocycles. The number of nitriles is 1. The molecule has 0 spiro atoms. The highest BCUT2D eigenvalue weighted by Crippen LogP contribution is 2.20. The van der Waals surface area contributed by atoms with Crippen molar-refractivity contribution in [2.75, 3.05) is 20.3 Å². The van der Waals surface area contributed by atoms with Crippen LogP contribution < -0.4 is 5.32 Å². The summed E-state index contributed by atoms with van der Waals surface area (Å²) in [4.78, 5) is 22.0. The highest BCUT2D eigenvalue weighted by atomic mass is 16.6. The van der Waals surface area contributed by atoms with Gasteiger partial charge >= 0.3 is 0 Å². The number of nitro benzene ring substituents is 1. The Morgan fingerprint density at radius 3 is 2.85 bits per heavy atom. The van der Waals surface area contributed by atoms with Crippen molar-refractivity contribution in [1.29, 1.82) is 5.26 Å². The van der Waals surface area contributed by atoms with Crippen molar-refractivity contribution < 1.29 is 14.5 Å². The van der Waals surface area contributed by atoms with Crippen molar-refractivity contribution in [3.8, 4) is 6.07 Å². The molecular weight excluding hydrogens is 262 g/mol. The number of nitrogens with one attached hydrogen (secondary N) is 1. The van der Waals surface area contributed by atoms with E-state index in [1.54, 1.807) is 12.1 Å². The largest absolute Gasteiger partial charge is 0.383 e. The van der Waals surface area contributed by atoms with Crippen LogP contribution in [0.4, 0.5) is 5.69 Å². The van der Waals surface area contributed by atoms with Gasteiger partial charge in [-0.1, -0.05) is 12.1 Å². The average Bonchev–Trinajstić information content (AvgIpc) is 2.45. The topological polar surface area (TPSA) is 105 Å². The maximum Gasteiger partial charge on any atom is 0.276 e. The minimum Gasteiger partial charge on any atom is -0.383 e. The molecule has 1 aromatic rings. The normalized spacial score (nSPS) is 10.7. The molecule has 0 aromatic heterocycles. The fourth-order valence-corrected chi connectivity index (χ4v) is 1.44. The van der Waals surface area contributed by atoms with Crippen LogP contribution in [0.5, 0.6) is 0 Å². The first-order valence-corrected chi connectivity index (χ1v) is 5.72. The van der Waals surface area contributed by atoms with Gasteiger partial charge in [-0.3, -0.25) is 14.9 Å². The number of rotatable bonds is 6. The first kappa shape index (κ1) is 15.3. The van der Waals surface area contributed by atoms with Crippen LogP contribution in [0, 0.1) is 21.4 Å². The summed E-state index contributed by atoms with van der Waals surface area (Å²) in [6.07, 6.45) is 1.19. The van der Waals surface area contributed by atoms with E-state index in [9.17, 15) is 14.9 Å². The summed E-state index contributed by atoms with van der Waals surface area (Å²) in [7, 11) is 1.49. The zero-order valence-electron chi connectivity index (χ0n) is 10.8. The molecule has 0 fully saturated rings. The summed E-state index contributed by atoms with van der Waals surface area (Å²) in [6, 6.07) is 7.62. The Morgan fingerprint density at radius 2 is 2.25 bits per heavy atom. The lowest BCUT2D eigenvalue weighted by Gasteiger charge is -2.03. The van der Waals surface area contributed by atoms with E-state index in [4.69, 9.17) is 10.00 Å². The number of amides is 1. The summed E-state index contributed by atoms with van der Waals surface area (Å²) in [5.41, 5.74) is -0.156. The van der Waals surface area contributed by atoms with Gasteiger partial charge in [0, 0.05) is 19.7 Å². The molecular formula is C13H13N3O4. The van der Waals surface area contributed by atoms with Crippen LogP contribution in [-0.4, -0.2) is 31.1 Å². The predicted molar refractivity (Wildman–Crippen MR) is 71.6 cm³/mol. The van der Waals surface area contributed by atoms with Gasteiger partial charge in [0.2, 0.25) is 0 Å². The fourth-order valence-electron chi connectivity index (χ4n) is 1.44. The molecule has 0 aliphatic heterocycles. The summed E-state index contributed by atoms with van der Waals surface area (Å²) < 4.78 is 4.77. The molecule has 104 valence electrons. The van der Waals surface area contributed by atoms with Gasteiger partial charge in [0.25, 0.3) is 11.6 Å². The van der Waals surface area contributed by atoms with E-state index in [0.717, 1.165) is 0 Å². The van der Waals surface area contributed by atoms with Gasteiger partial charge in [0.05, 0.1) is 17.1 Å². The molecule has 1 rings (SSSR count). The second-order valence-electron chi connectivity index (χ2n) is 3.73. The number of benzene rings is 1. The molecule has 0 radical (unpaired) electrons. The predicted octanol–water partition coefficient (Wildman–Crippen LogP) is 1.26. The van der Waals surface area contributed by atoms with Gasteiger partial charge in [-0.25, -0.2) is 0 Å². The maximum atomic E-state index is 11.7. The summed E-state index contributed by atoms with van der Waals surface area (Å²) in [6.45, 7) is 0.571. The molecule has 1 amide bonds. The number of hydrogen-bond donors (Lipinski definition) is 1. The third kappa shape index (κ3) is 4.19. The Kier molecular flexibility index (Phi) is 5.87. The third-order valence-electron chi connectivity index (χ3n) is 2.39. The van der Waals surface area contributed by atoms with Crippen molar-refractivity contribution in [2.24, 2.45) is 0 Å². The van der Waals surface area contributed by atoms with Crippen LogP contribution in [0.25, 0.3) is 6.08 Å². The van der Waals surface area contributed by atoms with Gasteiger partial charge in [0.1, 0.15) is 11.6 Å². The van der Waals surface area contributed by atoms with E-state index in [1.165, 1.54) is 31.4 Å². The number of nitrogens with zero attached hydrogens (tertiary/aromatic N) is 2. The molecule has 1 aromatic carbocycles. The van der Waals surface area contributed by atoms with E-state index in [-0.39, 0.29) is 23.4 Å². The molecule has 0 aliphatic rings. The molecule has 7 nitrogen and oxygen atoms in total. The van der Waals surface area contributed by atoms with Crippen LogP contribution in [0.15, 0.2) is 29.8 Å². The first-order chi connectivity index (χ1) is 9.60. The Bertz CT molecular complexity index is 575. The number of carbonyl (C=O) groups is 1. The molecule has 0 atom stereocenters. The zero-order valence-corrected chi connectivity index (χ0v) is 10.8. The van der Waals surface area contributed by atoms with Crippen molar-refractivity contribution in [3.63, 3.8) is 0 Å². The molecule has 1 N–H and O–H groups in total. The monoisotopic (exact) mass is 275 g/mol. The van der Waals surface area contributed by atoms with Crippen molar-refractivity contribution in [3.05, 3.63) is 45.5 Å². The molecule has 20 heavy (non-hydrogen) atoms. The van der Waals surface area contributed by atoms with Crippen molar-refractivity contribution >= 4 is 17.7 Å². The van der Waals surface area contributed by atoms with Crippen LogP contribution >= 0.6 is 0 Å². The summed E-state index contributed by atoms with van der Waals surface area (Å²) >= 11 is 0. The number of hydrogen-bond acceptors (Lipinski definition) is 5. The van der Waals surface area contributed by atoms with Crippen molar-refractivity contribution in [2.45, 2.75) is 0 Å². The van der Waals surface area contributed by atoms with Crippen LogP contribution in [0.1, 0.15) is 5.56 Å². The Hall–Kier alpha value is -2.72. The molecule has 0 unspecified atom stereocenters. The summed E-state index contributed by atoms with van der Waals surface area (Å²) in [5.74, 6) is -0.595. The SMILES string of the molecule is COCCNC(=O)/C(C#N)=C/c1ccccc1[N+](=O)[O-]. The van der Waals surface area contributed by atoms with Gasteiger partial charge in [-0.2, -0.15) is 5.26 Å². The first-order valence-electron chi connectivity index (χ1n) is 5.72. The van der Waals surface area contributed by atoms with E-state index < -0.39 is 10.8 Å². The standard InChI is InChI=1S/C13H13N3O4/c1-20-7-6-15-13(17)11(9-14)8-10-4-2-3-5-12(10)16(18)19/h2-5,8H,6-7H2,1H3,(H,15,17)/b11-8+. The lowest BCUT2D eigenvalue weighted by atomic mass is 10.1. The second-order valence-corrected chi connectivity index (χ2v) is 3.73. The highest BCUT2D eigenvalue weighted by Gasteiger charge is 2.14. The molecule has 7 heteroatoms. The minimum atomic E-state index is -0.595. The van der Waals surface area contributed by atoms with Crippen LogP contribution in [0.2, 0.25) is 0 Å². The molecule has 0 bridgehead atoms. The lowest BCUT2D eigenvalue weighted by molar-refractivity contribution is -0.385. The molecule has 0 heterocycles. The minimum absolute atomic E-state index is 0.162. The third-order valence-corrected chi connectivity index (χ3v) is 2.39. The molecule has 0 saturated carbocycles. The van der Waals surface area contributed by atoms with E-state index in [1.807, 2.05) is 0 Å². The van der Waals surface area contributed by atoms with E-state index in [2.05, 4.69) is 5.32 Å². The number of methoxy groups -OCH3 is 1. The zero-order chi connectivity index (χ0) is 15.0. The van der Waals surface area contributed by atoms with Gasteiger partial charge in [-0.15, -0.1) is 0 Å².